The van der Waals surface area contributed by atoms with Crippen molar-refractivity contribution in [2.75, 3.05) is 0 Å². The van der Waals surface area contributed by atoms with Gasteiger partial charge in [-0.2, -0.15) is 5.26 Å². The Morgan fingerprint density at radius 2 is 2.42 bits per heavy atom. The van der Waals surface area contributed by atoms with Gasteiger partial charge in [-0.3, -0.25) is 0 Å². The van der Waals surface area contributed by atoms with Gasteiger partial charge in [-0.1, -0.05) is 24.6 Å². The maximum atomic E-state index is 8.74. The van der Waals surface area contributed by atoms with E-state index in [1.807, 2.05) is 13.0 Å². The van der Waals surface area contributed by atoms with Crippen molar-refractivity contribution in [3.05, 3.63) is 29.0 Å². The van der Waals surface area contributed by atoms with Crippen molar-refractivity contribution in [2.45, 2.75) is 19.3 Å². The summed E-state index contributed by atoms with van der Waals surface area (Å²) in [7, 11) is 0. The van der Waals surface area contributed by atoms with Crippen molar-refractivity contribution in [2.24, 2.45) is 0 Å². The van der Waals surface area contributed by atoms with Crippen LogP contribution in [0.5, 0.6) is 0 Å². The average Bonchev–Trinajstić information content (AvgIpc) is 2.10. The van der Waals surface area contributed by atoms with Gasteiger partial charge in [0.25, 0.3) is 0 Å². The topological polar surface area (TPSA) is 36.7 Å². The average molecular weight is 181 g/mol. The molecule has 0 aliphatic carbocycles. The Kier molecular flexibility index (Phi) is 3.07. The first kappa shape index (κ1) is 9.02. The summed E-state index contributed by atoms with van der Waals surface area (Å²) < 4.78 is 0. The molecule has 0 spiro atoms. The molecule has 2 nitrogen and oxygen atoms in total. The maximum absolute atomic E-state index is 8.74. The van der Waals surface area contributed by atoms with Crippen molar-refractivity contribution >= 4 is 11.6 Å². The smallest absolute Gasteiger partial charge is 0.129 e. The summed E-state index contributed by atoms with van der Waals surface area (Å²) in [5, 5.41) is 9.20. The molecule has 0 radical (unpaired) electrons. The van der Waals surface area contributed by atoms with Crippen LogP contribution in [0.1, 0.15) is 24.8 Å². The minimum Gasteiger partial charge on any atom is -0.244 e. The molecule has 1 atom stereocenters. The van der Waals surface area contributed by atoms with Gasteiger partial charge in [0.1, 0.15) is 5.15 Å². The Morgan fingerprint density at radius 3 is 2.83 bits per heavy atom. The molecular weight excluding hydrogens is 172 g/mol. The number of nitrogens with zero attached hydrogens (tertiary/aromatic N) is 2. The van der Waals surface area contributed by atoms with Crippen LogP contribution in [-0.4, -0.2) is 4.98 Å². The van der Waals surface area contributed by atoms with E-state index < -0.39 is 0 Å². The van der Waals surface area contributed by atoms with E-state index in [2.05, 4.69) is 11.1 Å². The van der Waals surface area contributed by atoms with E-state index in [-0.39, 0.29) is 5.92 Å². The van der Waals surface area contributed by atoms with E-state index >= 15 is 0 Å². The van der Waals surface area contributed by atoms with E-state index in [4.69, 9.17) is 16.9 Å². The molecule has 12 heavy (non-hydrogen) atoms. The Morgan fingerprint density at radius 1 is 1.67 bits per heavy atom. The predicted octanol–water partition coefficient (Wildman–Crippen LogP) is 2.75. The molecule has 0 amide bonds. The fourth-order valence-corrected chi connectivity index (χ4v) is 1.11. The number of rotatable bonds is 2. The van der Waals surface area contributed by atoms with Crippen LogP contribution < -0.4 is 0 Å². The number of aromatic nitrogens is 1. The van der Waals surface area contributed by atoms with Gasteiger partial charge < -0.3 is 0 Å². The van der Waals surface area contributed by atoms with Crippen LogP contribution in [-0.2, 0) is 0 Å². The number of hydrogen-bond acceptors (Lipinski definition) is 2. The number of nitriles is 1. The molecule has 0 bridgehead atoms. The maximum Gasteiger partial charge on any atom is 0.129 e. The van der Waals surface area contributed by atoms with E-state index in [0.29, 0.717) is 5.15 Å². The summed E-state index contributed by atoms with van der Waals surface area (Å²) in [6.07, 6.45) is 2.46. The van der Waals surface area contributed by atoms with Gasteiger partial charge in [-0.15, -0.1) is 0 Å². The highest BCUT2D eigenvalue weighted by Crippen LogP contribution is 2.18. The highest BCUT2D eigenvalue weighted by Gasteiger charge is 2.06. The van der Waals surface area contributed by atoms with Crippen LogP contribution in [0.3, 0.4) is 0 Å². The Hall–Kier alpha value is -1.07. The summed E-state index contributed by atoms with van der Waals surface area (Å²) in [5.74, 6) is -0.0604. The predicted molar refractivity (Wildman–Crippen MR) is 47.9 cm³/mol. The van der Waals surface area contributed by atoms with E-state index in [1.165, 1.54) is 0 Å². The number of pyridine rings is 1. The largest absolute Gasteiger partial charge is 0.244 e. The quantitative estimate of drug-likeness (QED) is 0.657. The molecule has 1 rings (SSSR count). The summed E-state index contributed by atoms with van der Waals surface area (Å²) in [6, 6.07) is 5.75. The molecule has 1 aromatic rings. The second-order valence-electron chi connectivity index (χ2n) is 2.50. The molecule has 0 saturated carbocycles. The first-order chi connectivity index (χ1) is 5.77. The molecule has 0 aliphatic rings. The van der Waals surface area contributed by atoms with E-state index in [0.717, 1.165) is 12.0 Å². The summed E-state index contributed by atoms with van der Waals surface area (Å²) in [5.41, 5.74) is 0.935. The minimum atomic E-state index is -0.0604. The summed E-state index contributed by atoms with van der Waals surface area (Å²) >= 11 is 5.61. The molecular formula is C9H9ClN2. The minimum absolute atomic E-state index is 0.0604. The molecule has 62 valence electrons. The SMILES string of the molecule is CCC(C#N)c1ccc(Cl)nc1. The molecule has 1 heterocycles. The summed E-state index contributed by atoms with van der Waals surface area (Å²) in [6.45, 7) is 1.97. The van der Waals surface area contributed by atoms with Gasteiger partial charge in [0.05, 0.1) is 12.0 Å². The highest BCUT2D eigenvalue weighted by molar-refractivity contribution is 6.29. The third-order valence-electron chi connectivity index (χ3n) is 1.72. The van der Waals surface area contributed by atoms with E-state index in [9.17, 15) is 0 Å². The van der Waals surface area contributed by atoms with Crippen LogP contribution in [0, 0.1) is 11.3 Å². The second-order valence-corrected chi connectivity index (χ2v) is 2.89. The number of halogens is 1. The van der Waals surface area contributed by atoms with Crippen molar-refractivity contribution in [1.29, 1.82) is 5.26 Å². The lowest BCUT2D eigenvalue weighted by atomic mass is 10.0. The van der Waals surface area contributed by atoms with Crippen molar-refractivity contribution in [1.82, 2.24) is 4.98 Å². The first-order valence-corrected chi connectivity index (χ1v) is 4.16. The van der Waals surface area contributed by atoms with E-state index in [1.54, 1.807) is 12.3 Å². The first-order valence-electron chi connectivity index (χ1n) is 3.79. The molecule has 3 heteroatoms. The van der Waals surface area contributed by atoms with Crippen LogP contribution in [0.4, 0.5) is 0 Å². The van der Waals surface area contributed by atoms with Gasteiger partial charge >= 0.3 is 0 Å². The van der Waals surface area contributed by atoms with Crippen LogP contribution in [0.2, 0.25) is 5.15 Å². The lowest BCUT2D eigenvalue weighted by Gasteiger charge is -2.04. The van der Waals surface area contributed by atoms with Gasteiger partial charge in [0.2, 0.25) is 0 Å². The van der Waals surface area contributed by atoms with Gasteiger partial charge in [0, 0.05) is 6.20 Å². The zero-order valence-corrected chi connectivity index (χ0v) is 7.54. The molecule has 0 fully saturated rings. The zero-order valence-electron chi connectivity index (χ0n) is 6.79. The Bertz CT molecular complexity index is 286. The van der Waals surface area contributed by atoms with Crippen molar-refractivity contribution in [3.63, 3.8) is 0 Å². The summed E-state index contributed by atoms with van der Waals surface area (Å²) in [4.78, 5) is 3.91. The molecule has 0 N–H and O–H groups in total. The standard InChI is InChI=1S/C9H9ClN2/c1-2-7(5-11)8-3-4-9(10)12-6-8/h3-4,6-7H,2H2,1H3. The van der Waals surface area contributed by atoms with Crippen LogP contribution in [0.25, 0.3) is 0 Å². The molecule has 1 aromatic heterocycles. The fraction of sp³-hybridized carbons (Fsp3) is 0.333. The van der Waals surface area contributed by atoms with Gasteiger partial charge in [-0.05, 0) is 18.1 Å². The third-order valence-corrected chi connectivity index (χ3v) is 1.94. The lowest BCUT2D eigenvalue weighted by molar-refractivity contribution is 0.813. The van der Waals surface area contributed by atoms with Crippen LogP contribution >= 0.6 is 11.6 Å². The molecule has 1 unspecified atom stereocenters. The van der Waals surface area contributed by atoms with Crippen molar-refractivity contribution < 1.29 is 0 Å². The monoisotopic (exact) mass is 180 g/mol. The Balaban J connectivity index is 2.89. The molecule has 0 saturated heterocycles. The molecule has 0 aromatic carbocycles. The Labute approximate surface area is 76.8 Å². The molecule has 0 aliphatic heterocycles. The lowest BCUT2D eigenvalue weighted by Crippen LogP contribution is -1.93. The zero-order chi connectivity index (χ0) is 8.97. The highest BCUT2D eigenvalue weighted by atomic mass is 35.5. The van der Waals surface area contributed by atoms with Crippen LogP contribution in [0.15, 0.2) is 18.3 Å². The fourth-order valence-electron chi connectivity index (χ4n) is 0.995. The normalized spacial score (nSPS) is 12.1. The van der Waals surface area contributed by atoms with Gasteiger partial charge in [-0.25, -0.2) is 4.98 Å². The second kappa shape index (κ2) is 4.08. The van der Waals surface area contributed by atoms with Gasteiger partial charge in [0.15, 0.2) is 0 Å². The number of hydrogen-bond donors (Lipinski definition) is 0. The van der Waals surface area contributed by atoms with Crippen molar-refractivity contribution in [3.8, 4) is 6.07 Å². The third kappa shape index (κ3) is 1.96.